The Morgan fingerprint density at radius 2 is 2.28 bits per heavy atom. The van der Waals surface area contributed by atoms with E-state index in [-0.39, 0.29) is 6.04 Å². The van der Waals surface area contributed by atoms with Crippen molar-refractivity contribution in [3.05, 3.63) is 53.2 Å². The van der Waals surface area contributed by atoms with Gasteiger partial charge in [0.1, 0.15) is 5.75 Å². The van der Waals surface area contributed by atoms with Crippen LogP contribution in [-0.2, 0) is 0 Å². The fourth-order valence-electron chi connectivity index (χ4n) is 2.16. The van der Waals surface area contributed by atoms with Crippen molar-refractivity contribution in [2.45, 2.75) is 13.0 Å². The molecule has 4 heteroatoms. The number of nitrogens with zero attached hydrogens (tertiary/aromatic N) is 2. The van der Waals surface area contributed by atoms with Gasteiger partial charge in [0.15, 0.2) is 5.17 Å². The van der Waals surface area contributed by atoms with E-state index in [2.05, 4.69) is 39.7 Å². The van der Waals surface area contributed by atoms with Gasteiger partial charge in [-0.15, -0.1) is 0 Å². The monoisotopic (exact) mass is 258 g/mol. The van der Waals surface area contributed by atoms with E-state index in [9.17, 15) is 0 Å². The van der Waals surface area contributed by atoms with Crippen molar-refractivity contribution in [1.82, 2.24) is 4.90 Å². The minimum atomic E-state index is 0.207. The Hall–Kier alpha value is -1.68. The van der Waals surface area contributed by atoms with Crippen LogP contribution in [0.1, 0.15) is 18.5 Å². The van der Waals surface area contributed by atoms with Gasteiger partial charge in [0.2, 0.25) is 0 Å². The number of amidine groups is 1. The number of allylic oxidation sites excluding steroid dienone is 1. The molecule has 0 aliphatic carbocycles. The summed E-state index contributed by atoms with van der Waals surface area (Å²) in [5.41, 5.74) is 2.28. The van der Waals surface area contributed by atoms with E-state index in [4.69, 9.17) is 4.74 Å². The number of hydrogen-bond donors (Lipinski definition) is 0. The molecule has 1 aromatic rings. The summed E-state index contributed by atoms with van der Waals surface area (Å²) < 4.78 is 5.29. The Bertz CT molecular complexity index is 563. The molecule has 92 valence electrons. The number of methoxy groups -OCH3 is 1. The normalized spacial score (nSPS) is 21.4. The summed E-state index contributed by atoms with van der Waals surface area (Å²) in [6.07, 6.45) is 4.26. The van der Waals surface area contributed by atoms with Gasteiger partial charge in [-0.05, 0) is 36.1 Å². The van der Waals surface area contributed by atoms with Gasteiger partial charge in [-0.3, -0.25) is 0 Å². The largest absolute Gasteiger partial charge is 0.497 e. The zero-order valence-electron chi connectivity index (χ0n) is 10.3. The average Bonchev–Trinajstić information content (AvgIpc) is 2.85. The van der Waals surface area contributed by atoms with Crippen LogP contribution in [0.25, 0.3) is 0 Å². The van der Waals surface area contributed by atoms with Crippen LogP contribution in [0, 0.1) is 0 Å². The Kier molecular flexibility index (Phi) is 2.88. The van der Waals surface area contributed by atoms with Gasteiger partial charge in [-0.2, -0.15) is 0 Å². The zero-order valence-corrected chi connectivity index (χ0v) is 11.1. The molecular weight excluding hydrogens is 244 g/mol. The maximum atomic E-state index is 5.29. The van der Waals surface area contributed by atoms with Gasteiger partial charge in [-0.1, -0.05) is 23.9 Å². The molecule has 2 aliphatic heterocycles. The Morgan fingerprint density at radius 1 is 1.39 bits per heavy atom. The minimum absolute atomic E-state index is 0.207. The molecule has 3 nitrogen and oxygen atoms in total. The summed E-state index contributed by atoms with van der Waals surface area (Å²) in [4.78, 5) is 6.72. The first-order valence-electron chi connectivity index (χ1n) is 5.80. The molecule has 0 fully saturated rings. The third kappa shape index (κ3) is 1.93. The topological polar surface area (TPSA) is 24.8 Å². The Labute approximate surface area is 111 Å². The second kappa shape index (κ2) is 4.53. The van der Waals surface area contributed by atoms with E-state index in [0.717, 1.165) is 16.6 Å². The lowest BCUT2D eigenvalue weighted by molar-refractivity contribution is 0.411. The predicted molar refractivity (Wildman–Crippen MR) is 75.5 cm³/mol. The van der Waals surface area contributed by atoms with Gasteiger partial charge < -0.3 is 9.64 Å². The van der Waals surface area contributed by atoms with Crippen LogP contribution in [0.3, 0.4) is 0 Å². The first kappa shape index (κ1) is 11.4. The summed E-state index contributed by atoms with van der Waals surface area (Å²) in [6.45, 7) is 2.04. The van der Waals surface area contributed by atoms with Crippen LogP contribution in [0.2, 0.25) is 0 Å². The summed E-state index contributed by atoms with van der Waals surface area (Å²) in [6, 6.07) is 8.39. The second-order valence-corrected chi connectivity index (χ2v) is 5.11. The quantitative estimate of drug-likeness (QED) is 0.811. The molecule has 0 bridgehead atoms. The van der Waals surface area contributed by atoms with Crippen molar-refractivity contribution in [3.63, 3.8) is 0 Å². The predicted octanol–water partition coefficient (Wildman–Crippen LogP) is 3.53. The maximum absolute atomic E-state index is 5.29. The number of ether oxygens (including phenoxy) is 1. The van der Waals surface area contributed by atoms with Crippen molar-refractivity contribution in [2.24, 2.45) is 4.99 Å². The third-order valence-corrected chi connectivity index (χ3v) is 3.79. The number of aliphatic imine (C=N–C) groups is 1. The van der Waals surface area contributed by atoms with Gasteiger partial charge in [-0.25, -0.2) is 4.99 Å². The zero-order chi connectivity index (χ0) is 12.5. The molecule has 0 aromatic heterocycles. The van der Waals surface area contributed by atoms with Crippen molar-refractivity contribution in [1.29, 1.82) is 0 Å². The molecule has 2 heterocycles. The van der Waals surface area contributed by atoms with Gasteiger partial charge in [0.25, 0.3) is 0 Å². The second-order valence-electron chi connectivity index (χ2n) is 4.23. The lowest BCUT2D eigenvalue weighted by Gasteiger charge is -2.29. The van der Waals surface area contributed by atoms with E-state index in [0.29, 0.717) is 0 Å². The van der Waals surface area contributed by atoms with Crippen molar-refractivity contribution < 1.29 is 4.74 Å². The van der Waals surface area contributed by atoms with Crippen molar-refractivity contribution in [3.8, 4) is 5.75 Å². The Balaban J connectivity index is 2.00. The van der Waals surface area contributed by atoms with Crippen molar-refractivity contribution >= 4 is 16.9 Å². The molecule has 1 atom stereocenters. The lowest BCUT2D eigenvalue weighted by atomic mass is 10.0. The highest BCUT2D eigenvalue weighted by Gasteiger charge is 2.27. The molecule has 0 N–H and O–H groups in total. The minimum Gasteiger partial charge on any atom is -0.497 e. The smallest absolute Gasteiger partial charge is 0.173 e. The van der Waals surface area contributed by atoms with Crippen LogP contribution in [0.15, 0.2) is 52.6 Å². The van der Waals surface area contributed by atoms with Crippen LogP contribution >= 0.6 is 11.8 Å². The molecule has 0 saturated heterocycles. The highest BCUT2D eigenvalue weighted by atomic mass is 32.2. The summed E-state index contributed by atoms with van der Waals surface area (Å²) in [5.74, 6) is 0.887. The third-order valence-electron chi connectivity index (χ3n) is 3.02. The fourth-order valence-corrected chi connectivity index (χ4v) is 2.96. The highest BCUT2D eigenvalue weighted by Crippen LogP contribution is 2.36. The average molecular weight is 258 g/mol. The summed E-state index contributed by atoms with van der Waals surface area (Å²) in [7, 11) is 1.69. The van der Waals surface area contributed by atoms with E-state index < -0.39 is 0 Å². The molecule has 3 rings (SSSR count). The van der Waals surface area contributed by atoms with E-state index >= 15 is 0 Å². The number of rotatable bonds is 2. The van der Waals surface area contributed by atoms with E-state index in [1.54, 1.807) is 18.9 Å². The Morgan fingerprint density at radius 3 is 3.11 bits per heavy atom. The van der Waals surface area contributed by atoms with Gasteiger partial charge in [0, 0.05) is 11.9 Å². The van der Waals surface area contributed by atoms with Gasteiger partial charge >= 0.3 is 0 Å². The molecular formula is C14H14N2OS. The molecule has 0 radical (unpaired) electrons. The number of benzene rings is 1. The lowest BCUT2D eigenvalue weighted by Crippen LogP contribution is -2.27. The molecule has 0 amide bonds. The molecule has 0 saturated carbocycles. The van der Waals surface area contributed by atoms with Crippen LogP contribution in [0.5, 0.6) is 5.75 Å². The first-order chi connectivity index (χ1) is 8.78. The summed E-state index contributed by atoms with van der Waals surface area (Å²) >= 11 is 1.66. The number of hydrogen-bond acceptors (Lipinski definition) is 4. The number of fused-ring (bicyclic) bond motifs is 1. The van der Waals surface area contributed by atoms with Crippen LogP contribution in [-0.4, -0.2) is 17.2 Å². The van der Waals surface area contributed by atoms with E-state index in [1.165, 1.54) is 5.56 Å². The molecule has 1 unspecified atom stereocenters. The SMILES string of the molecule is COc1cccc(C2C=C(C)N=C3SC=CN32)c1. The van der Waals surface area contributed by atoms with E-state index in [1.807, 2.05) is 19.1 Å². The first-order valence-corrected chi connectivity index (χ1v) is 6.68. The van der Waals surface area contributed by atoms with Crippen LogP contribution < -0.4 is 4.74 Å². The number of thioether (sulfide) groups is 1. The molecule has 2 aliphatic rings. The van der Waals surface area contributed by atoms with Crippen molar-refractivity contribution in [2.75, 3.05) is 7.11 Å². The molecule has 1 aromatic carbocycles. The molecule has 18 heavy (non-hydrogen) atoms. The fraction of sp³-hybridized carbons (Fsp3) is 0.214. The molecule has 0 spiro atoms. The maximum Gasteiger partial charge on any atom is 0.173 e. The van der Waals surface area contributed by atoms with Crippen LogP contribution in [0.4, 0.5) is 0 Å². The summed E-state index contributed by atoms with van der Waals surface area (Å²) in [5, 5.41) is 3.11. The standard InChI is InChI=1S/C14H14N2OS/c1-10-8-13(16-6-7-18-14(16)15-10)11-4-3-5-12(9-11)17-2/h3-9,13H,1-2H3. The van der Waals surface area contributed by atoms with Gasteiger partial charge in [0.05, 0.1) is 13.2 Å². The highest BCUT2D eigenvalue weighted by molar-refractivity contribution is 8.16.